The lowest BCUT2D eigenvalue weighted by atomic mass is 10.2. The van der Waals surface area contributed by atoms with E-state index in [0.29, 0.717) is 18.6 Å². The molecular weight excluding hydrogens is 198 g/mol. The summed E-state index contributed by atoms with van der Waals surface area (Å²) < 4.78 is 5.00. The number of ketones is 1. The fraction of sp³-hybridized carbons (Fsp3) is 0.200. The molecule has 0 saturated heterocycles. The van der Waals surface area contributed by atoms with Crippen molar-refractivity contribution in [1.29, 1.82) is 0 Å². The van der Waals surface area contributed by atoms with Crippen molar-refractivity contribution in [3.8, 4) is 0 Å². The van der Waals surface area contributed by atoms with Crippen LogP contribution in [-0.2, 0) is 6.42 Å². The average molecular weight is 207 g/mol. The van der Waals surface area contributed by atoms with Gasteiger partial charge in [0.2, 0.25) is 0 Å². The average Bonchev–Trinajstić information content (AvgIpc) is 2.87. The number of aromatic nitrogens is 1. The zero-order valence-electron chi connectivity index (χ0n) is 7.47. The zero-order chi connectivity index (χ0) is 9.80. The van der Waals surface area contributed by atoms with Gasteiger partial charge in [-0.05, 0) is 12.1 Å². The number of nitrogens with zero attached hydrogens (tertiary/aromatic N) is 1. The number of rotatable bonds is 4. The second kappa shape index (κ2) is 4.19. The van der Waals surface area contributed by atoms with Crippen molar-refractivity contribution < 1.29 is 9.21 Å². The number of hydrogen-bond acceptors (Lipinski definition) is 4. The lowest BCUT2D eigenvalue weighted by molar-refractivity contribution is 0.0956. The Hall–Kier alpha value is -1.42. The quantitative estimate of drug-likeness (QED) is 0.723. The van der Waals surface area contributed by atoms with Gasteiger partial charge in [0.25, 0.3) is 0 Å². The number of carbonyl (C=O) groups excluding carboxylic acids is 1. The van der Waals surface area contributed by atoms with Gasteiger partial charge in [0, 0.05) is 24.4 Å². The van der Waals surface area contributed by atoms with Gasteiger partial charge in [-0.15, -0.1) is 11.3 Å². The molecule has 0 aromatic carbocycles. The summed E-state index contributed by atoms with van der Waals surface area (Å²) in [5.41, 5.74) is 0. The number of hydrogen-bond donors (Lipinski definition) is 0. The molecule has 0 fully saturated rings. The zero-order valence-corrected chi connectivity index (χ0v) is 8.29. The number of aryl methyl sites for hydroxylation is 1. The minimum absolute atomic E-state index is 0.0326. The van der Waals surface area contributed by atoms with Crippen molar-refractivity contribution in [3.63, 3.8) is 0 Å². The topological polar surface area (TPSA) is 43.1 Å². The van der Waals surface area contributed by atoms with Gasteiger partial charge in [0.15, 0.2) is 11.5 Å². The van der Waals surface area contributed by atoms with Crippen molar-refractivity contribution in [1.82, 2.24) is 4.98 Å². The van der Waals surface area contributed by atoms with Crippen molar-refractivity contribution in [2.75, 3.05) is 0 Å². The first-order chi connectivity index (χ1) is 6.86. The van der Waals surface area contributed by atoms with E-state index in [0.717, 1.165) is 5.01 Å². The maximum atomic E-state index is 11.5. The number of furan rings is 1. The summed E-state index contributed by atoms with van der Waals surface area (Å²) in [5.74, 6) is 0.465. The monoisotopic (exact) mass is 207 g/mol. The number of carbonyl (C=O) groups is 1. The molecule has 14 heavy (non-hydrogen) atoms. The van der Waals surface area contributed by atoms with Crippen LogP contribution in [0.2, 0.25) is 0 Å². The minimum Gasteiger partial charge on any atom is -0.461 e. The van der Waals surface area contributed by atoms with Gasteiger partial charge in [-0.3, -0.25) is 4.79 Å². The lowest BCUT2D eigenvalue weighted by Crippen LogP contribution is -1.99. The van der Waals surface area contributed by atoms with Crippen molar-refractivity contribution in [3.05, 3.63) is 40.7 Å². The summed E-state index contributed by atoms with van der Waals surface area (Å²) in [7, 11) is 0. The second-order valence-electron chi connectivity index (χ2n) is 2.83. The number of thiazole rings is 1. The second-order valence-corrected chi connectivity index (χ2v) is 3.81. The maximum absolute atomic E-state index is 11.5. The van der Waals surface area contributed by atoms with E-state index in [-0.39, 0.29) is 5.78 Å². The molecule has 0 aliphatic rings. The molecule has 72 valence electrons. The third-order valence-electron chi connectivity index (χ3n) is 1.85. The van der Waals surface area contributed by atoms with Gasteiger partial charge < -0.3 is 4.42 Å². The predicted octanol–water partition coefficient (Wildman–Crippen LogP) is 2.55. The van der Waals surface area contributed by atoms with E-state index in [1.807, 2.05) is 5.38 Å². The van der Waals surface area contributed by atoms with Gasteiger partial charge in [0.05, 0.1) is 11.3 Å². The van der Waals surface area contributed by atoms with E-state index >= 15 is 0 Å². The Balaban J connectivity index is 1.90. The summed E-state index contributed by atoms with van der Waals surface area (Å²) in [6, 6.07) is 3.40. The standard InChI is InChI=1S/C10H9NO2S/c12-8(9-2-1-6-13-9)3-4-10-11-5-7-14-10/h1-2,5-7H,3-4H2. The Bertz CT molecular complexity index is 392. The highest BCUT2D eigenvalue weighted by Crippen LogP contribution is 2.10. The first-order valence-electron chi connectivity index (χ1n) is 4.31. The molecule has 0 radical (unpaired) electrons. The minimum atomic E-state index is 0.0326. The molecule has 0 unspecified atom stereocenters. The Kier molecular flexibility index (Phi) is 2.74. The van der Waals surface area contributed by atoms with Gasteiger partial charge >= 0.3 is 0 Å². The molecule has 4 heteroatoms. The molecule has 0 atom stereocenters. The summed E-state index contributed by atoms with van der Waals surface area (Å²) in [6.07, 6.45) is 4.41. The normalized spacial score (nSPS) is 10.3. The van der Waals surface area contributed by atoms with Crippen LogP contribution >= 0.6 is 11.3 Å². The van der Waals surface area contributed by atoms with Crippen LogP contribution in [0.3, 0.4) is 0 Å². The van der Waals surface area contributed by atoms with Crippen LogP contribution < -0.4 is 0 Å². The fourth-order valence-electron chi connectivity index (χ4n) is 1.16. The molecule has 2 heterocycles. The van der Waals surface area contributed by atoms with Crippen molar-refractivity contribution >= 4 is 17.1 Å². The molecule has 0 N–H and O–H groups in total. The molecule has 2 aromatic heterocycles. The largest absolute Gasteiger partial charge is 0.461 e. The number of Topliss-reactive ketones (excluding diaryl/α,β-unsaturated/α-hetero) is 1. The van der Waals surface area contributed by atoms with E-state index in [2.05, 4.69) is 4.98 Å². The van der Waals surface area contributed by atoms with E-state index in [9.17, 15) is 4.79 Å². The molecule has 3 nitrogen and oxygen atoms in total. The SMILES string of the molecule is O=C(CCc1nccs1)c1ccco1. The molecule has 0 spiro atoms. The van der Waals surface area contributed by atoms with E-state index in [4.69, 9.17) is 4.42 Å². The van der Waals surface area contributed by atoms with Crippen molar-refractivity contribution in [2.24, 2.45) is 0 Å². The third-order valence-corrected chi connectivity index (χ3v) is 2.68. The molecule has 0 aliphatic carbocycles. The summed E-state index contributed by atoms with van der Waals surface area (Å²) >= 11 is 1.57. The highest BCUT2D eigenvalue weighted by molar-refractivity contribution is 7.09. The van der Waals surface area contributed by atoms with Crippen LogP contribution in [0.15, 0.2) is 34.4 Å². The molecule has 0 amide bonds. The molecule has 2 aromatic rings. The summed E-state index contributed by atoms with van der Waals surface area (Å²) in [4.78, 5) is 15.6. The van der Waals surface area contributed by atoms with Crippen LogP contribution in [0.5, 0.6) is 0 Å². The maximum Gasteiger partial charge on any atom is 0.198 e. The molecule has 2 rings (SSSR count). The Morgan fingerprint density at radius 2 is 2.50 bits per heavy atom. The highest BCUT2D eigenvalue weighted by Gasteiger charge is 2.09. The van der Waals surface area contributed by atoms with Gasteiger partial charge in [-0.2, -0.15) is 0 Å². The van der Waals surface area contributed by atoms with Crippen LogP contribution in [0.25, 0.3) is 0 Å². The van der Waals surface area contributed by atoms with E-state index in [1.165, 1.54) is 6.26 Å². The van der Waals surface area contributed by atoms with Gasteiger partial charge in [-0.25, -0.2) is 4.98 Å². The summed E-state index contributed by atoms with van der Waals surface area (Å²) in [6.45, 7) is 0. The first-order valence-corrected chi connectivity index (χ1v) is 5.19. The van der Waals surface area contributed by atoms with Crippen LogP contribution in [0, 0.1) is 0 Å². The molecular formula is C10H9NO2S. The molecule has 0 bridgehead atoms. The Morgan fingerprint density at radius 3 is 3.14 bits per heavy atom. The van der Waals surface area contributed by atoms with E-state index < -0.39 is 0 Å². The van der Waals surface area contributed by atoms with Gasteiger partial charge in [-0.1, -0.05) is 0 Å². The smallest absolute Gasteiger partial charge is 0.198 e. The highest BCUT2D eigenvalue weighted by atomic mass is 32.1. The fourth-order valence-corrected chi connectivity index (χ4v) is 1.78. The van der Waals surface area contributed by atoms with Crippen LogP contribution in [0.4, 0.5) is 0 Å². The van der Waals surface area contributed by atoms with Gasteiger partial charge in [0.1, 0.15) is 0 Å². The Labute approximate surface area is 85.4 Å². The van der Waals surface area contributed by atoms with Crippen molar-refractivity contribution in [2.45, 2.75) is 12.8 Å². The molecule has 0 saturated carbocycles. The lowest BCUT2D eigenvalue weighted by Gasteiger charge is -1.94. The Morgan fingerprint density at radius 1 is 1.57 bits per heavy atom. The van der Waals surface area contributed by atoms with Crippen LogP contribution in [0.1, 0.15) is 22.0 Å². The third kappa shape index (κ3) is 2.09. The molecule has 0 aliphatic heterocycles. The van der Waals surface area contributed by atoms with Crippen LogP contribution in [-0.4, -0.2) is 10.8 Å². The van der Waals surface area contributed by atoms with E-state index in [1.54, 1.807) is 29.7 Å². The first kappa shape index (κ1) is 9.15. The predicted molar refractivity (Wildman–Crippen MR) is 53.5 cm³/mol. The summed E-state index contributed by atoms with van der Waals surface area (Å²) in [5, 5.41) is 2.90.